The van der Waals surface area contributed by atoms with Crippen molar-refractivity contribution in [2.24, 2.45) is 5.92 Å². The standard InChI is InChI=1S/C12H15ClFNO3S/c1-15(7-8-4-9(16)5-8)19(17,18)10-2-3-12(14)11(13)6-10/h2-3,6,8-9,16H,4-5,7H2,1H3. The summed E-state index contributed by atoms with van der Waals surface area (Å²) in [6.07, 6.45) is 0.912. The van der Waals surface area contributed by atoms with Crippen LogP contribution in [0.4, 0.5) is 4.39 Å². The van der Waals surface area contributed by atoms with Crippen LogP contribution in [-0.4, -0.2) is 37.5 Å². The Balaban J connectivity index is 2.14. The van der Waals surface area contributed by atoms with E-state index in [4.69, 9.17) is 11.6 Å². The number of halogens is 2. The molecule has 1 aromatic rings. The summed E-state index contributed by atoms with van der Waals surface area (Å²) < 4.78 is 38.7. The minimum absolute atomic E-state index is 0.0266. The lowest BCUT2D eigenvalue weighted by Gasteiger charge is -2.34. The first-order valence-electron chi connectivity index (χ1n) is 5.90. The number of hydrogen-bond acceptors (Lipinski definition) is 3. The highest BCUT2D eigenvalue weighted by Crippen LogP contribution is 2.29. The van der Waals surface area contributed by atoms with E-state index < -0.39 is 15.8 Å². The Labute approximate surface area is 116 Å². The molecule has 0 atom stereocenters. The Bertz CT molecular complexity index is 572. The van der Waals surface area contributed by atoms with Gasteiger partial charge in [-0.25, -0.2) is 17.1 Å². The van der Waals surface area contributed by atoms with Gasteiger partial charge in [-0.3, -0.25) is 0 Å². The number of hydrogen-bond donors (Lipinski definition) is 1. The van der Waals surface area contributed by atoms with E-state index in [2.05, 4.69) is 0 Å². The molecule has 0 saturated heterocycles. The number of sulfonamides is 1. The number of rotatable bonds is 4. The van der Waals surface area contributed by atoms with E-state index >= 15 is 0 Å². The van der Waals surface area contributed by atoms with Crippen LogP contribution in [0, 0.1) is 11.7 Å². The summed E-state index contributed by atoms with van der Waals surface area (Å²) >= 11 is 5.60. The molecule has 19 heavy (non-hydrogen) atoms. The topological polar surface area (TPSA) is 57.6 Å². The number of benzene rings is 1. The van der Waals surface area contributed by atoms with Crippen molar-refractivity contribution < 1.29 is 17.9 Å². The maximum Gasteiger partial charge on any atom is 0.242 e. The molecular weight excluding hydrogens is 293 g/mol. The molecule has 0 amide bonds. The Morgan fingerprint density at radius 1 is 1.47 bits per heavy atom. The molecule has 2 rings (SSSR count). The zero-order chi connectivity index (χ0) is 14.2. The summed E-state index contributed by atoms with van der Waals surface area (Å²) in [5.74, 6) is -0.476. The Morgan fingerprint density at radius 2 is 2.11 bits per heavy atom. The molecule has 1 aliphatic carbocycles. The van der Waals surface area contributed by atoms with Crippen LogP contribution < -0.4 is 0 Å². The highest BCUT2D eigenvalue weighted by Gasteiger charge is 2.31. The summed E-state index contributed by atoms with van der Waals surface area (Å²) in [5, 5.41) is 8.98. The highest BCUT2D eigenvalue weighted by atomic mass is 35.5. The van der Waals surface area contributed by atoms with Crippen molar-refractivity contribution in [2.45, 2.75) is 23.8 Å². The molecule has 7 heteroatoms. The van der Waals surface area contributed by atoms with Crippen LogP contribution in [0.1, 0.15) is 12.8 Å². The summed E-state index contributed by atoms with van der Waals surface area (Å²) in [7, 11) is -2.20. The summed E-state index contributed by atoms with van der Waals surface area (Å²) in [4.78, 5) is -0.0266. The van der Waals surface area contributed by atoms with Gasteiger partial charge in [-0.1, -0.05) is 11.6 Å². The molecule has 0 unspecified atom stereocenters. The van der Waals surface area contributed by atoms with Crippen LogP contribution in [0.5, 0.6) is 0 Å². The quantitative estimate of drug-likeness (QED) is 0.924. The average Bonchev–Trinajstić information content (AvgIpc) is 2.30. The summed E-state index contributed by atoms with van der Waals surface area (Å²) in [6.45, 7) is 0.342. The van der Waals surface area contributed by atoms with Gasteiger partial charge in [0.2, 0.25) is 10.0 Å². The molecule has 1 aromatic carbocycles. The monoisotopic (exact) mass is 307 g/mol. The molecule has 1 aliphatic rings. The number of aliphatic hydroxyl groups is 1. The molecule has 1 N–H and O–H groups in total. The minimum Gasteiger partial charge on any atom is -0.393 e. The number of aliphatic hydroxyl groups excluding tert-OH is 1. The molecular formula is C12H15ClFNO3S. The largest absolute Gasteiger partial charge is 0.393 e. The Kier molecular flexibility index (Phi) is 4.15. The minimum atomic E-state index is -3.67. The zero-order valence-corrected chi connectivity index (χ0v) is 12.0. The average molecular weight is 308 g/mol. The smallest absolute Gasteiger partial charge is 0.242 e. The van der Waals surface area contributed by atoms with Crippen molar-refractivity contribution >= 4 is 21.6 Å². The normalized spacial score (nSPS) is 23.4. The molecule has 0 radical (unpaired) electrons. The fraction of sp³-hybridized carbons (Fsp3) is 0.500. The van der Waals surface area contributed by atoms with Gasteiger partial charge in [0.1, 0.15) is 5.82 Å². The van der Waals surface area contributed by atoms with Crippen molar-refractivity contribution in [1.82, 2.24) is 4.31 Å². The van der Waals surface area contributed by atoms with E-state index in [9.17, 15) is 17.9 Å². The lowest BCUT2D eigenvalue weighted by molar-refractivity contribution is 0.0367. The Morgan fingerprint density at radius 3 is 2.63 bits per heavy atom. The lowest BCUT2D eigenvalue weighted by atomic mass is 9.82. The van der Waals surface area contributed by atoms with Crippen molar-refractivity contribution in [3.8, 4) is 0 Å². The first-order chi connectivity index (χ1) is 8.80. The molecule has 0 heterocycles. The fourth-order valence-electron chi connectivity index (χ4n) is 2.13. The van der Waals surface area contributed by atoms with Crippen LogP contribution >= 0.6 is 11.6 Å². The lowest BCUT2D eigenvalue weighted by Crippen LogP contribution is -2.39. The maximum atomic E-state index is 13.0. The SMILES string of the molecule is CN(CC1CC(O)C1)S(=O)(=O)c1ccc(F)c(Cl)c1. The molecule has 0 bridgehead atoms. The van der Waals surface area contributed by atoms with E-state index in [1.54, 1.807) is 0 Å². The van der Waals surface area contributed by atoms with Crippen LogP contribution in [0.25, 0.3) is 0 Å². The molecule has 0 aromatic heterocycles. The number of nitrogens with zero attached hydrogens (tertiary/aromatic N) is 1. The highest BCUT2D eigenvalue weighted by molar-refractivity contribution is 7.89. The van der Waals surface area contributed by atoms with Gasteiger partial charge in [0, 0.05) is 13.6 Å². The van der Waals surface area contributed by atoms with E-state index in [1.807, 2.05) is 0 Å². The van der Waals surface area contributed by atoms with E-state index in [0.29, 0.717) is 19.4 Å². The van der Waals surface area contributed by atoms with Crippen molar-refractivity contribution in [3.63, 3.8) is 0 Å². The van der Waals surface area contributed by atoms with Gasteiger partial charge in [-0.15, -0.1) is 0 Å². The maximum absolute atomic E-state index is 13.0. The fourth-order valence-corrected chi connectivity index (χ4v) is 3.65. The van der Waals surface area contributed by atoms with Crippen molar-refractivity contribution in [1.29, 1.82) is 0 Å². The second-order valence-electron chi connectivity index (χ2n) is 4.85. The van der Waals surface area contributed by atoms with Gasteiger partial charge in [-0.2, -0.15) is 0 Å². The summed E-state index contributed by atoms with van der Waals surface area (Å²) in [5.41, 5.74) is 0. The first-order valence-corrected chi connectivity index (χ1v) is 7.72. The Hall–Kier alpha value is -0.690. The zero-order valence-electron chi connectivity index (χ0n) is 10.4. The van der Waals surface area contributed by atoms with Gasteiger partial charge in [0.15, 0.2) is 0 Å². The molecule has 1 saturated carbocycles. The molecule has 1 fully saturated rings. The van der Waals surface area contributed by atoms with Crippen molar-refractivity contribution in [3.05, 3.63) is 29.0 Å². The van der Waals surface area contributed by atoms with Crippen LogP contribution in [0.3, 0.4) is 0 Å². The third kappa shape index (κ3) is 3.08. The molecule has 106 valence electrons. The molecule has 4 nitrogen and oxygen atoms in total. The molecule has 0 spiro atoms. The van der Waals surface area contributed by atoms with Gasteiger partial charge >= 0.3 is 0 Å². The second-order valence-corrected chi connectivity index (χ2v) is 7.30. The summed E-state index contributed by atoms with van der Waals surface area (Å²) in [6, 6.07) is 3.34. The predicted molar refractivity (Wildman–Crippen MR) is 70.0 cm³/mol. The van der Waals surface area contributed by atoms with Gasteiger partial charge in [-0.05, 0) is 37.0 Å². The second kappa shape index (κ2) is 5.36. The van der Waals surface area contributed by atoms with Crippen LogP contribution in [-0.2, 0) is 10.0 Å². The first kappa shape index (κ1) is 14.7. The van der Waals surface area contributed by atoms with Crippen molar-refractivity contribution in [2.75, 3.05) is 13.6 Å². The predicted octanol–water partition coefficient (Wildman–Crippen LogP) is 1.87. The molecule has 0 aliphatic heterocycles. The van der Waals surface area contributed by atoms with E-state index in [1.165, 1.54) is 17.4 Å². The third-order valence-electron chi connectivity index (χ3n) is 3.33. The van der Waals surface area contributed by atoms with Gasteiger partial charge in [0.25, 0.3) is 0 Å². The third-order valence-corrected chi connectivity index (χ3v) is 5.43. The van der Waals surface area contributed by atoms with Crippen LogP contribution in [0.2, 0.25) is 5.02 Å². The van der Waals surface area contributed by atoms with E-state index in [0.717, 1.165) is 12.1 Å². The van der Waals surface area contributed by atoms with Gasteiger partial charge in [0.05, 0.1) is 16.0 Å². The van der Waals surface area contributed by atoms with Crippen LogP contribution in [0.15, 0.2) is 23.1 Å². The van der Waals surface area contributed by atoms with E-state index in [-0.39, 0.29) is 21.9 Å². The van der Waals surface area contributed by atoms with Gasteiger partial charge < -0.3 is 5.11 Å².